The van der Waals surface area contributed by atoms with E-state index in [0.29, 0.717) is 0 Å². The molecule has 3 nitrogen and oxygen atoms in total. The summed E-state index contributed by atoms with van der Waals surface area (Å²) in [7, 11) is 0. The van der Waals surface area contributed by atoms with Crippen LogP contribution in [-0.4, -0.2) is 23.7 Å². The Labute approximate surface area is 148 Å². The Morgan fingerprint density at radius 1 is 1.08 bits per heavy atom. The van der Waals surface area contributed by atoms with Gasteiger partial charge in [-0.05, 0) is 36.6 Å². The van der Waals surface area contributed by atoms with E-state index in [4.69, 9.17) is 0 Å². The van der Waals surface area contributed by atoms with Crippen molar-refractivity contribution in [1.29, 1.82) is 0 Å². The summed E-state index contributed by atoms with van der Waals surface area (Å²) in [5.74, 6) is -0.811. The number of carboxylic acid groups (broad SMARTS) is 1. The van der Waals surface area contributed by atoms with Gasteiger partial charge in [-0.1, -0.05) is 66.7 Å². The smallest absolute Gasteiger partial charge is 0.315 e. The minimum absolute atomic E-state index is 0. The van der Waals surface area contributed by atoms with Crippen LogP contribution in [0.15, 0.2) is 66.7 Å². The van der Waals surface area contributed by atoms with E-state index in [1.165, 1.54) is 0 Å². The molecule has 0 fully saturated rings. The monoisotopic (exact) mass is 343 g/mol. The predicted octanol–water partition coefficient (Wildman–Crippen LogP) is 4.04. The molecule has 0 aliphatic carbocycles. The van der Waals surface area contributed by atoms with Crippen molar-refractivity contribution >= 4 is 18.4 Å². The van der Waals surface area contributed by atoms with Crippen LogP contribution < -0.4 is 5.32 Å². The number of carbonyl (C=O) groups is 1. The van der Waals surface area contributed by atoms with Gasteiger partial charge in [-0.15, -0.1) is 12.4 Å². The van der Waals surface area contributed by atoms with E-state index in [1.54, 1.807) is 6.92 Å². The van der Waals surface area contributed by atoms with Crippen LogP contribution >= 0.6 is 12.4 Å². The van der Waals surface area contributed by atoms with Crippen molar-refractivity contribution in [2.75, 3.05) is 6.54 Å². The second kappa shape index (κ2) is 7.65. The van der Waals surface area contributed by atoms with Crippen molar-refractivity contribution < 1.29 is 9.90 Å². The number of aliphatic carboxylic acids is 1. The zero-order chi connectivity index (χ0) is 16.3. The Morgan fingerprint density at radius 3 is 2.25 bits per heavy atom. The topological polar surface area (TPSA) is 49.3 Å². The average molecular weight is 344 g/mol. The molecule has 2 N–H and O–H groups in total. The third-order valence-electron chi connectivity index (χ3n) is 4.66. The molecule has 0 amide bonds. The standard InChI is InChI=1S/C20H21NO2.ClH/c1-20(19(22)23,18-9-5-6-14-21-18)17-12-10-16(11-13-17)15-7-3-2-4-8-15;/h2-5,7-13,18,21H,6,14H2,1H3,(H,22,23);1H/t18-,20+;/m0./s1. The zero-order valence-corrected chi connectivity index (χ0v) is 14.4. The Balaban J connectivity index is 0.00000208. The first kappa shape index (κ1) is 18.2. The van der Waals surface area contributed by atoms with Gasteiger partial charge in [-0.3, -0.25) is 4.79 Å². The van der Waals surface area contributed by atoms with Crippen molar-refractivity contribution in [1.82, 2.24) is 5.32 Å². The lowest BCUT2D eigenvalue weighted by atomic mass is 9.74. The Hall–Kier alpha value is -2.10. The molecule has 0 bridgehead atoms. The number of hydrogen-bond donors (Lipinski definition) is 2. The fourth-order valence-electron chi connectivity index (χ4n) is 3.09. The quantitative estimate of drug-likeness (QED) is 0.824. The molecule has 3 rings (SSSR count). The normalized spacial score (nSPS) is 19.1. The number of halogens is 1. The Bertz CT molecular complexity index is 712. The van der Waals surface area contributed by atoms with E-state index in [0.717, 1.165) is 29.7 Å². The number of nitrogens with one attached hydrogen (secondary N) is 1. The minimum Gasteiger partial charge on any atom is -0.481 e. The fraction of sp³-hybridized carbons (Fsp3) is 0.250. The third kappa shape index (κ3) is 3.37. The molecule has 0 aromatic heterocycles. The van der Waals surface area contributed by atoms with Crippen molar-refractivity contribution in [2.24, 2.45) is 0 Å². The fourth-order valence-corrected chi connectivity index (χ4v) is 3.09. The Kier molecular flexibility index (Phi) is 5.81. The lowest BCUT2D eigenvalue weighted by Gasteiger charge is -2.35. The van der Waals surface area contributed by atoms with Crippen molar-refractivity contribution in [3.05, 3.63) is 72.3 Å². The van der Waals surface area contributed by atoms with Crippen LogP contribution in [0.25, 0.3) is 11.1 Å². The second-order valence-corrected chi connectivity index (χ2v) is 6.10. The first-order valence-electron chi connectivity index (χ1n) is 7.92. The predicted molar refractivity (Wildman–Crippen MR) is 99.7 cm³/mol. The molecule has 2 atom stereocenters. The van der Waals surface area contributed by atoms with Crippen LogP contribution in [0.5, 0.6) is 0 Å². The van der Waals surface area contributed by atoms with E-state index in [-0.39, 0.29) is 18.4 Å². The maximum absolute atomic E-state index is 12.0. The Morgan fingerprint density at radius 2 is 1.71 bits per heavy atom. The summed E-state index contributed by atoms with van der Waals surface area (Å²) >= 11 is 0. The van der Waals surface area contributed by atoms with E-state index in [9.17, 15) is 9.90 Å². The van der Waals surface area contributed by atoms with Crippen LogP contribution in [0, 0.1) is 0 Å². The van der Waals surface area contributed by atoms with Crippen LogP contribution in [0.1, 0.15) is 18.9 Å². The summed E-state index contributed by atoms with van der Waals surface area (Å²) in [5, 5.41) is 13.2. The van der Waals surface area contributed by atoms with Gasteiger partial charge in [0.15, 0.2) is 0 Å². The van der Waals surface area contributed by atoms with Crippen LogP contribution in [-0.2, 0) is 10.2 Å². The van der Waals surface area contributed by atoms with Gasteiger partial charge < -0.3 is 10.4 Å². The second-order valence-electron chi connectivity index (χ2n) is 6.10. The molecule has 0 saturated heterocycles. The molecule has 126 valence electrons. The first-order valence-corrected chi connectivity index (χ1v) is 7.92. The summed E-state index contributed by atoms with van der Waals surface area (Å²) in [4.78, 5) is 12.0. The van der Waals surface area contributed by atoms with Gasteiger partial charge in [-0.25, -0.2) is 0 Å². The number of benzene rings is 2. The summed E-state index contributed by atoms with van der Waals surface area (Å²) in [6.07, 6.45) is 4.97. The molecule has 2 aromatic rings. The number of carboxylic acids is 1. The zero-order valence-electron chi connectivity index (χ0n) is 13.6. The van der Waals surface area contributed by atoms with Gasteiger partial charge in [0.25, 0.3) is 0 Å². The van der Waals surface area contributed by atoms with Gasteiger partial charge in [0, 0.05) is 6.04 Å². The molecule has 1 aliphatic heterocycles. The molecule has 0 unspecified atom stereocenters. The highest BCUT2D eigenvalue weighted by molar-refractivity contribution is 5.85. The number of hydrogen-bond acceptors (Lipinski definition) is 2. The summed E-state index contributed by atoms with van der Waals surface area (Å²) in [5.41, 5.74) is 2.06. The first-order chi connectivity index (χ1) is 11.1. The third-order valence-corrected chi connectivity index (χ3v) is 4.66. The lowest BCUT2D eigenvalue weighted by molar-refractivity contribution is -0.144. The molecule has 1 aliphatic rings. The van der Waals surface area contributed by atoms with E-state index < -0.39 is 11.4 Å². The van der Waals surface area contributed by atoms with Crippen molar-refractivity contribution in [3.63, 3.8) is 0 Å². The molecule has 1 heterocycles. The molecule has 0 saturated carbocycles. The molecule has 2 aromatic carbocycles. The highest BCUT2D eigenvalue weighted by atomic mass is 35.5. The SMILES string of the molecule is C[C@@](C(=O)O)(c1ccc(-c2ccccc2)cc1)[C@@H]1C=CCCN1.Cl. The highest BCUT2D eigenvalue weighted by Gasteiger charge is 2.42. The van der Waals surface area contributed by atoms with Crippen LogP contribution in [0.3, 0.4) is 0 Å². The maximum atomic E-state index is 12.0. The van der Waals surface area contributed by atoms with E-state index in [1.807, 2.05) is 48.5 Å². The molecular weight excluding hydrogens is 322 g/mol. The molecule has 0 radical (unpaired) electrons. The van der Waals surface area contributed by atoms with Gasteiger partial charge in [0.1, 0.15) is 5.41 Å². The molecule has 4 heteroatoms. The van der Waals surface area contributed by atoms with Crippen LogP contribution in [0.4, 0.5) is 0 Å². The van der Waals surface area contributed by atoms with Crippen LogP contribution in [0.2, 0.25) is 0 Å². The number of rotatable bonds is 4. The van der Waals surface area contributed by atoms with Gasteiger partial charge in [0.05, 0.1) is 0 Å². The van der Waals surface area contributed by atoms with E-state index in [2.05, 4.69) is 23.5 Å². The summed E-state index contributed by atoms with van der Waals surface area (Å²) < 4.78 is 0. The van der Waals surface area contributed by atoms with Crippen molar-refractivity contribution in [3.8, 4) is 11.1 Å². The maximum Gasteiger partial charge on any atom is 0.315 e. The minimum atomic E-state index is -0.980. The largest absolute Gasteiger partial charge is 0.481 e. The average Bonchev–Trinajstić information content (AvgIpc) is 2.62. The molecule has 24 heavy (non-hydrogen) atoms. The van der Waals surface area contributed by atoms with Gasteiger partial charge >= 0.3 is 5.97 Å². The van der Waals surface area contributed by atoms with Gasteiger partial charge in [0.2, 0.25) is 0 Å². The van der Waals surface area contributed by atoms with Gasteiger partial charge in [-0.2, -0.15) is 0 Å². The molecular formula is C20H22ClNO2. The highest BCUT2D eigenvalue weighted by Crippen LogP contribution is 2.32. The molecule has 0 spiro atoms. The lowest BCUT2D eigenvalue weighted by Crippen LogP contribution is -2.51. The summed E-state index contributed by atoms with van der Waals surface area (Å²) in [6.45, 7) is 2.60. The van der Waals surface area contributed by atoms with Crippen molar-refractivity contribution in [2.45, 2.75) is 24.8 Å². The summed E-state index contributed by atoms with van der Waals surface area (Å²) in [6, 6.07) is 17.8. The van der Waals surface area contributed by atoms with E-state index >= 15 is 0 Å².